The third-order valence-electron chi connectivity index (χ3n) is 4.14. The van der Waals surface area contributed by atoms with Crippen LogP contribution in [0, 0.1) is 6.92 Å². The molecule has 1 aliphatic heterocycles. The van der Waals surface area contributed by atoms with E-state index in [4.69, 9.17) is 5.14 Å². The number of anilines is 1. The number of hydrogen-bond donors (Lipinski definition) is 3. The summed E-state index contributed by atoms with van der Waals surface area (Å²) in [6, 6.07) is 6.42. The standard InChI is InChI=1S/C16H21N5O3S/c1-11-2-4-14(25(17,23)24)9-15(11)19-16(22)5-3-12-8-13-10-18-6-7-21(13)20-12/h2,4,8-9,18H,3,5-7,10H2,1H3,(H,19,22)(H2,17,23,24). The zero-order chi connectivity index (χ0) is 18.0. The monoisotopic (exact) mass is 363 g/mol. The molecule has 1 aromatic carbocycles. The predicted octanol–water partition coefficient (Wildman–Crippen LogP) is 0.513. The van der Waals surface area contributed by atoms with Crippen molar-refractivity contribution < 1.29 is 13.2 Å². The zero-order valence-electron chi connectivity index (χ0n) is 13.9. The molecule has 9 heteroatoms. The molecule has 0 saturated heterocycles. The molecular formula is C16H21N5O3S. The Balaban J connectivity index is 1.64. The van der Waals surface area contributed by atoms with Crippen molar-refractivity contribution in [1.82, 2.24) is 15.1 Å². The number of nitrogens with two attached hydrogens (primary N) is 1. The van der Waals surface area contributed by atoms with Crippen LogP contribution >= 0.6 is 0 Å². The quantitative estimate of drug-likeness (QED) is 0.715. The van der Waals surface area contributed by atoms with Crippen LogP contribution in [0.25, 0.3) is 0 Å². The Morgan fingerprint density at radius 1 is 1.40 bits per heavy atom. The SMILES string of the molecule is Cc1ccc(S(N)(=O)=O)cc1NC(=O)CCc1cc2n(n1)CCNC2. The molecule has 3 rings (SSSR count). The molecular weight excluding hydrogens is 342 g/mol. The number of aromatic nitrogens is 2. The van der Waals surface area contributed by atoms with E-state index in [1.807, 2.05) is 10.7 Å². The Morgan fingerprint density at radius 2 is 2.20 bits per heavy atom. The normalized spacial score (nSPS) is 14.2. The van der Waals surface area contributed by atoms with E-state index >= 15 is 0 Å². The molecule has 2 aromatic rings. The third-order valence-corrected chi connectivity index (χ3v) is 5.05. The van der Waals surface area contributed by atoms with Crippen molar-refractivity contribution in [3.63, 3.8) is 0 Å². The lowest BCUT2D eigenvalue weighted by molar-refractivity contribution is -0.116. The summed E-state index contributed by atoms with van der Waals surface area (Å²) in [5.41, 5.74) is 3.22. The van der Waals surface area contributed by atoms with Gasteiger partial charge in [0.2, 0.25) is 15.9 Å². The molecule has 0 fully saturated rings. The number of carbonyl (C=O) groups excluding carboxylic acids is 1. The van der Waals surface area contributed by atoms with Crippen molar-refractivity contribution in [3.8, 4) is 0 Å². The van der Waals surface area contributed by atoms with E-state index in [-0.39, 0.29) is 17.2 Å². The summed E-state index contributed by atoms with van der Waals surface area (Å²) in [5.74, 6) is -0.196. The van der Waals surface area contributed by atoms with Gasteiger partial charge in [0, 0.05) is 31.6 Å². The van der Waals surface area contributed by atoms with Gasteiger partial charge in [-0.15, -0.1) is 0 Å². The summed E-state index contributed by atoms with van der Waals surface area (Å²) in [5, 5.41) is 15.7. The molecule has 0 unspecified atom stereocenters. The summed E-state index contributed by atoms with van der Waals surface area (Å²) in [4.78, 5) is 12.2. The Morgan fingerprint density at radius 3 is 2.92 bits per heavy atom. The first-order valence-electron chi connectivity index (χ1n) is 8.02. The molecule has 4 N–H and O–H groups in total. The maximum Gasteiger partial charge on any atom is 0.238 e. The number of primary sulfonamides is 1. The molecule has 25 heavy (non-hydrogen) atoms. The number of rotatable bonds is 5. The highest BCUT2D eigenvalue weighted by molar-refractivity contribution is 7.89. The van der Waals surface area contributed by atoms with Gasteiger partial charge in [0.05, 0.1) is 22.8 Å². The van der Waals surface area contributed by atoms with Crippen molar-refractivity contribution in [2.75, 3.05) is 11.9 Å². The Labute approximate surface area is 146 Å². The Hall–Kier alpha value is -2.23. The van der Waals surface area contributed by atoms with Gasteiger partial charge in [0.1, 0.15) is 0 Å². The molecule has 0 spiro atoms. The second-order valence-corrected chi connectivity index (χ2v) is 7.66. The molecule has 1 amide bonds. The van der Waals surface area contributed by atoms with E-state index in [2.05, 4.69) is 15.7 Å². The van der Waals surface area contributed by atoms with Crippen LogP contribution in [0.15, 0.2) is 29.2 Å². The van der Waals surface area contributed by atoms with Gasteiger partial charge in [0.25, 0.3) is 0 Å². The van der Waals surface area contributed by atoms with Crippen LogP contribution in [0.3, 0.4) is 0 Å². The minimum Gasteiger partial charge on any atom is -0.326 e. The van der Waals surface area contributed by atoms with Gasteiger partial charge in [-0.2, -0.15) is 5.10 Å². The number of hydrogen-bond acceptors (Lipinski definition) is 5. The van der Waals surface area contributed by atoms with Crippen LogP contribution in [-0.2, 0) is 34.3 Å². The van der Waals surface area contributed by atoms with Crippen LogP contribution in [0.1, 0.15) is 23.4 Å². The van der Waals surface area contributed by atoms with Gasteiger partial charge < -0.3 is 10.6 Å². The van der Waals surface area contributed by atoms with Crippen LogP contribution in [0.4, 0.5) is 5.69 Å². The fraction of sp³-hybridized carbons (Fsp3) is 0.375. The van der Waals surface area contributed by atoms with Crippen molar-refractivity contribution in [3.05, 3.63) is 41.2 Å². The molecule has 0 saturated carbocycles. The van der Waals surface area contributed by atoms with Gasteiger partial charge in [-0.1, -0.05) is 6.07 Å². The lowest BCUT2D eigenvalue weighted by Crippen LogP contribution is -2.28. The summed E-state index contributed by atoms with van der Waals surface area (Å²) in [6.45, 7) is 4.31. The first-order valence-corrected chi connectivity index (χ1v) is 9.57. The van der Waals surface area contributed by atoms with Gasteiger partial charge in [-0.25, -0.2) is 13.6 Å². The van der Waals surface area contributed by atoms with Crippen LogP contribution in [-0.4, -0.2) is 30.7 Å². The summed E-state index contributed by atoms with van der Waals surface area (Å²) >= 11 is 0. The number of carbonyl (C=O) groups is 1. The van der Waals surface area contributed by atoms with Crippen molar-refractivity contribution in [2.45, 2.75) is 37.8 Å². The number of nitrogens with zero attached hydrogens (tertiary/aromatic N) is 2. The number of benzene rings is 1. The highest BCUT2D eigenvalue weighted by Gasteiger charge is 2.14. The number of sulfonamides is 1. The highest BCUT2D eigenvalue weighted by atomic mass is 32.2. The second-order valence-electron chi connectivity index (χ2n) is 6.10. The minimum absolute atomic E-state index is 0.0253. The fourth-order valence-electron chi connectivity index (χ4n) is 2.74. The van der Waals surface area contributed by atoms with E-state index < -0.39 is 10.0 Å². The summed E-state index contributed by atoms with van der Waals surface area (Å²) in [6.07, 6.45) is 0.794. The Bertz CT molecular complexity index is 881. The summed E-state index contributed by atoms with van der Waals surface area (Å²) < 4.78 is 24.8. The van der Waals surface area contributed by atoms with E-state index in [1.54, 1.807) is 13.0 Å². The minimum atomic E-state index is -3.81. The largest absolute Gasteiger partial charge is 0.326 e. The van der Waals surface area contributed by atoms with Gasteiger partial charge in [0.15, 0.2) is 0 Å². The van der Waals surface area contributed by atoms with E-state index in [0.29, 0.717) is 12.1 Å². The summed E-state index contributed by atoms with van der Waals surface area (Å²) in [7, 11) is -3.81. The van der Waals surface area contributed by atoms with Gasteiger partial charge in [-0.05, 0) is 30.7 Å². The van der Waals surface area contributed by atoms with Gasteiger partial charge >= 0.3 is 0 Å². The lowest BCUT2D eigenvalue weighted by atomic mass is 10.2. The maximum atomic E-state index is 12.2. The molecule has 0 bridgehead atoms. The maximum absolute atomic E-state index is 12.2. The van der Waals surface area contributed by atoms with E-state index in [9.17, 15) is 13.2 Å². The van der Waals surface area contributed by atoms with Crippen LogP contribution in [0.5, 0.6) is 0 Å². The second kappa shape index (κ2) is 6.95. The molecule has 1 aromatic heterocycles. The van der Waals surface area contributed by atoms with Crippen LogP contribution < -0.4 is 15.8 Å². The topological polar surface area (TPSA) is 119 Å². The molecule has 0 aliphatic carbocycles. The van der Waals surface area contributed by atoms with Crippen molar-refractivity contribution >= 4 is 21.6 Å². The first-order chi connectivity index (χ1) is 11.8. The molecule has 8 nitrogen and oxygen atoms in total. The van der Waals surface area contributed by atoms with Gasteiger partial charge in [-0.3, -0.25) is 9.48 Å². The number of amides is 1. The smallest absolute Gasteiger partial charge is 0.238 e. The van der Waals surface area contributed by atoms with Crippen molar-refractivity contribution in [1.29, 1.82) is 0 Å². The molecule has 0 atom stereocenters. The molecule has 134 valence electrons. The lowest BCUT2D eigenvalue weighted by Gasteiger charge is -2.13. The fourth-order valence-corrected chi connectivity index (χ4v) is 3.28. The number of aryl methyl sites for hydroxylation is 2. The average molecular weight is 363 g/mol. The van der Waals surface area contributed by atoms with E-state index in [0.717, 1.165) is 36.6 Å². The number of fused-ring (bicyclic) bond motifs is 1. The third kappa shape index (κ3) is 4.25. The van der Waals surface area contributed by atoms with E-state index in [1.165, 1.54) is 12.1 Å². The predicted molar refractivity (Wildman–Crippen MR) is 93.4 cm³/mol. The van der Waals surface area contributed by atoms with Crippen molar-refractivity contribution in [2.24, 2.45) is 5.14 Å². The molecule has 1 aliphatic rings. The molecule has 2 heterocycles. The Kier molecular flexibility index (Phi) is 4.89. The molecule has 0 radical (unpaired) electrons. The number of nitrogens with one attached hydrogen (secondary N) is 2. The highest BCUT2D eigenvalue weighted by Crippen LogP contribution is 2.20. The van der Waals surface area contributed by atoms with Crippen LogP contribution in [0.2, 0.25) is 0 Å². The average Bonchev–Trinajstić information content (AvgIpc) is 2.97. The zero-order valence-corrected chi connectivity index (χ0v) is 14.8. The first kappa shape index (κ1) is 17.6.